The van der Waals surface area contributed by atoms with E-state index in [1.807, 2.05) is 29.6 Å². The van der Waals surface area contributed by atoms with Gasteiger partial charge in [0.15, 0.2) is 9.84 Å². The summed E-state index contributed by atoms with van der Waals surface area (Å²) in [5.74, 6) is -0.211. The molecule has 30 heavy (non-hydrogen) atoms. The number of anilines is 2. The number of benzene rings is 2. The third kappa shape index (κ3) is 3.61. The molecule has 1 saturated heterocycles. The second kappa shape index (κ2) is 7.10. The molecule has 1 spiro atoms. The highest BCUT2D eigenvalue weighted by Crippen LogP contribution is 2.54. The van der Waals surface area contributed by atoms with Crippen LogP contribution in [0.4, 0.5) is 11.4 Å². The summed E-state index contributed by atoms with van der Waals surface area (Å²) in [6.07, 6.45) is 6.00. The van der Waals surface area contributed by atoms with Crippen LogP contribution in [0, 0.1) is 5.41 Å². The smallest absolute Gasteiger partial charge is 0.257 e. The van der Waals surface area contributed by atoms with Gasteiger partial charge in [-0.1, -0.05) is 12.1 Å². The monoisotopic (exact) mass is 440 g/mol. The van der Waals surface area contributed by atoms with E-state index in [0.717, 1.165) is 41.7 Å². The van der Waals surface area contributed by atoms with Crippen LogP contribution in [0.25, 0.3) is 10.1 Å². The lowest BCUT2D eigenvalue weighted by molar-refractivity contribution is 0.102. The number of sulfone groups is 1. The predicted octanol–water partition coefficient (Wildman–Crippen LogP) is 4.94. The quantitative estimate of drug-likeness (QED) is 0.624. The molecule has 2 aromatic carbocycles. The molecule has 0 atom stereocenters. The van der Waals surface area contributed by atoms with Gasteiger partial charge in [0.2, 0.25) is 0 Å². The molecular weight excluding hydrogens is 416 g/mol. The third-order valence-corrected chi connectivity index (χ3v) is 8.56. The second-order valence-corrected chi connectivity index (χ2v) is 11.5. The van der Waals surface area contributed by atoms with E-state index in [0.29, 0.717) is 16.7 Å². The van der Waals surface area contributed by atoms with Crippen LogP contribution >= 0.6 is 11.3 Å². The van der Waals surface area contributed by atoms with Crippen LogP contribution in [0.15, 0.2) is 52.7 Å². The molecule has 5 rings (SSSR count). The van der Waals surface area contributed by atoms with Crippen molar-refractivity contribution in [1.82, 2.24) is 0 Å². The summed E-state index contributed by atoms with van der Waals surface area (Å²) >= 11 is 1.59. The number of thiophene rings is 1. The Morgan fingerprint density at radius 3 is 2.53 bits per heavy atom. The molecule has 5 nitrogen and oxygen atoms in total. The van der Waals surface area contributed by atoms with Crippen molar-refractivity contribution >= 4 is 48.5 Å². The molecule has 2 heterocycles. The first-order chi connectivity index (χ1) is 14.3. The van der Waals surface area contributed by atoms with E-state index in [4.69, 9.17) is 0 Å². The lowest BCUT2D eigenvalue weighted by atomic mass is 9.93. The molecule has 1 aliphatic carbocycles. The number of rotatable bonds is 4. The molecule has 1 N–H and O–H groups in total. The van der Waals surface area contributed by atoms with Crippen molar-refractivity contribution in [3.8, 4) is 0 Å². The number of hydrogen-bond donors (Lipinski definition) is 1. The third-order valence-electron chi connectivity index (χ3n) is 6.49. The molecule has 2 fully saturated rings. The molecule has 2 aliphatic rings. The van der Waals surface area contributed by atoms with Crippen LogP contribution in [0.5, 0.6) is 0 Å². The van der Waals surface area contributed by atoms with Gasteiger partial charge in [0.25, 0.3) is 5.91 Å². The molecular formula is C23H24N2O3S2. The summed E-state index contributed by atoms with van der Waals surface area (Å²) in [4.78, 5) is 15.7. The molecule has 0 radical (unpaired) electrons. The van der Waals surface area contributed by atoms with Crippen molar-refractivity contribution in [3.63, 3.8) is 0 Å². The maximum atomic E-state index is 13.3. The Balaban J connectivity index is 1.50. The molecule has 7 heteroatoms. The van der Waals surface area contributed by atoms with Gasteiger partial charge in [-0.2, -0.15) is 0 Å². The van der Waals surface area contributed by atoms with Crippen molar-refractivity contribution in [2.45, 2.75) is 30.6 Å². The maximum absolute atomic E-state index is 13.3. The maximum Gasteiger partial charge on any atom is 0.257 e. The number of nitrogens with one attached hydrogen (secondary N) is 1. The van der Waals surface area contributed by atoms with Crippen molar-refractivity contribution < 1.29 is 13.2 Å². The fraction of sp³-hybridized carbons (Fsp3) is 0.348. The minimum Gasteiger partial charge on any atom is -0.371 e. The van der Waals surface area contributed by atoms with Crippen LogP contribution in [-0.2, 0) is 9.84 Å². The van der Waals surface area contributed by atoms with Gasteiger partial charge < -0.3 is 10.2 Å². The van der Waals surface area contributed by atoms with Crippen LogP contribution in [0.1, 0.15) is 36.0 Å². The number of nitrogens with zero attached hydrogens (tertiary/aromatic N) is 1. The topological polar surface area (TPSA) is 66.5 Å². The van der Waals surface area contributed by atoms with Gasteiger partial charge in [-0.3, -0.25) is 4.79 Å². The van der Waals surface area contributed by atoms with Gasteiger partial charge in [0, 0.05) is 19.3 Å². The van der Waals surface area contributed by atoms with Gasteiger partial charge in [-0.25, -0.2) is 8.42 Å². The average molecular weight is 441 g/mol. The number of hydrogen-bond acceptors (Lipinski definition) is 5. The standard InChI is InChI=1S/C23H24N2O3S2/c1-30(27,28)17-5-6-18(20(15-17)25-12-10-23(8-9-23)11-13-25)22(26)24-19-4-2-3-16-7-14-29-21(16)19/h2-7,14-15H,8-13H2,1H3,(H,24,26). The zero-order valence-electron chi connectivity index (χ0n) is 16.8. The summed E-state index contributed by atoms with van der Waals surface area (Å²) in [6, 6.07) is 12.7. The first-order valence-electron chi connectivity index (χ1n) is 10.2. The number of amides is 1. The molecule has 1 amide bonds. The zero-order chi connectivity index (χ0) is 20.9. The zero-order valence-corrected chi connectivity index (χ0v) is 18.5. The lowest BCUT2D eigenvalue weighted by Gasteiger charge is -2.35. The number of fused-ring (bicyclic) bond motifs is 1. The Kier molecular flexibility index (Phi) is 4.63. The Morgan fingerprint density at radius 1 is 1.07 bits per heavy atom. The van der Waals surface area contributed by atoms with Crippen LogP contribution in [0.2, 0.25) is 0 Å². The molecule has 0 unspecified atom stereocenters. The van der Waals surface area contributed by atoms with Crippen molar-refractivity contribution in [2.75, 3.05) is 29.6 Å². The van der Waals surface area contributed by atoms with Crippen LogP contribution in [-0.4, -0.2) is 33.7 Å². The predicted molar refractivity (Wildman–Crippen MR) is 122 cm³/mol. The summed E-state index contributed by atoms with van der Waals surface area (Å²) < 4.78 is 25.3. The largest absolute Gasteiger partial charge is 0.371 e. The van der Waals surface area contributed by atoms with Gasteiger partial charge in [0.1, 0.15) is 0 Å². The van der Waals surface area contributed by atoms with E-state index in [-0.39, 0.29) is 10.8 Å². The van der Waals surface area contributed by atoms with Gasteiger partial charge in [0.05, 0.1) is 26.5 Å². The van der Waals surface area contributed by atoms with E-state index in [1.165, 1.54) is 25.2 Å². The van der Waals surface area contributed by atoms with Gasteiger partial charge >= 0.3 is 0 Å². The summed E-state index contributed by atoms with van der Waals surface area (Å²) in [6.45, 7) is 1.71. The normalized spacial score (nSPS) is 18.0. The minimum absolute atomic E-state index is 0.211. The van der Waals surface area contributed by atoms with Crippen molar-refractivity contribution in [1.29, 1.82) is 0 Å². The van der Waals surface area contributed by atoms with E-state index < -0.39 is 9.84 Å². The van der Waals surface area contributed by atoms with Crippen LogP contribution < -0.4 is 10.2 Å². The highest BCUT2D eigenvalue weighted by atomic mass is 32.2. The first kappa shape index (κ1) is 19.6. The summed E-state index contributed by atoms with van der Waals surface area (Å²) in [5, 5.41) is 6.15. The molecule has 1 aliphatic heterocycles. The van der Waals surface area contributed by atoms with E-state index in [9.17, 15) is 13.2 Å². The van der Waals surface area contributed by atoms with E-state index in [1.54, 1.807) is 23.5 Å². The molecule has 3 aromatic rings. The number of carbonyl (C=O) groups is 1. The van der Waals surface area contributed by atoms with Crippen LogP contribution in [0.3, 0.4) is 0 Å². The van der Waals surface area contributed by atoms with Gasteiger partial charge in [-0.05, 0) is 72.2 Å². The Labute approximate surface area is 180 Å². The van der Waals surface area contributed by atoms with Gasteiger partial charge in [-0.15, -0.1) is 11.3 Å². The van der Waals surface area contributed by atoms with Crippen molar-refractivity contribution in [2.24, 2.45) is 5.41 Å². The van der Waals surface area contributed by atoms with E-state index in [2.05, 4.69) is 10.2 Å². The lowest BCUT2D eigenvalue weighted by Crippen LogP contribution is -2.35. The number of carbonyl (C=O) groups excluding carboxylic acids is 1. The SMILES string of the molecule is CS(=O)(=O)c1ccc(C(=O)Nc2cccc3ccsc23)c(N2CCC3(CC2)CC3)c1. The molecule has 1 saturated carbocycles. The summed E-state index contributed by atoms with van der Waals surface area (Å²) in [5.41, 5.74) is 2.51. The highest BCUT2D eigenvalue weighted by Gasteiger charge is 2.44. The minimum atomic E-state index is -3.35. The highest BCUT2D eigenvalue weighted by molar-refractivity contribution is 7.90. The Morgan fingerprint density at radius 2 is 1.83 bits per heavy atom. The molecule has 156 valence electrons. The molecule has 0 bridgehead atoms. The molecule has 1 aromatic heterocycles. The number of piperidine rings is 1. The second-order valence-electron chi connectivity index (χ2n) is 8.54. The fourth-order valence-corrected chi connectivity index (χ4v) is 5.89. The average Bonchev–Trinajstić information content (AvgIpc) is 3.29. The van der Waals surface area contributed by atoms with E-state index >= 15 is 0 Å². The summed E-state index contributed by atoms with van der Waals surface area (Å²) in [7, 11) is -3.35. The Hall–Kier alpha value is -2.38. The van der Waals surface area contributed by atoms with Crippen molar-refractivity contribution in [3.05, 3.63) is 53.4 Å². The fourth-order valence-electron chi connectivity index (χ4n) is 4.38. The Bertz CT molecular complexity index is 1230. The first-order valence-corrected chi connectivity index (χ1v) is 13.0.